The maximum atomic E-state index is 12.6. The fraction of sp³-hybridized carbons (Fsp3) is 0.0870. The molecule has 2 N–H and O–H groups in total. The first kappa shape index (κ1) is 19.2. The number of amides is 1. The molecule has 0 radical (unpaired) electrons. The highest BCUT2D eigenvalue weighted by atomic mass is 16.5. The lowest BCUT2D eigenvalue weighted by molar-refractivity contribution is -0.119. The normalized spacial score (nSPS) is 10.7. The molecular weight excluding hydrogens is 384 g/mol. The Morgan fingerprint density at radius 2 is 1.80 bits per heavy atom. The van der Waals surface area contributed by atoms with E-state index in [1.54, 1.807) is 42.5 Å². The molecule has 0 aliphatic carbocycles. The van der Waals surface area contributed by atoms with Gasteiger partial charge in [0.05, 0.1) is 10.9 Å². The predicted octanol–water partition coefficient (Wildman–Crippen LogP) is 3.72. The molecule has 0 saturated carbocycles. The zero-order valence-corrected chi connectivity index (χ0v) is 15.9. The zero-order chi connectivity index (χ0) is 20.9. The van der Waals surface area contributed by atoms with Crippen LogP contribution in [0.2, 0.25) is 0 Å². The Kier molecular flexibility index (Phi) is 5.43. The van der Waals surface area contributed by atoms with Crippen LogP contribution in [-0.4, -0.2) is 23.6 Å². The number of ether oxygens (including phenoxy) is 2. The minimum absolute atomic E-state index is 0.0554. The zero-order valence-electron chi connectivity index (χ0n) is 15.9. The highest BCUT2D eigenvalue weighted by Gasteiger charge is 2.15. The molecule has 7 heteroatoms. The number of esters is 1. The molecule has 4 aromatic rings. The van der Waals surface area contributed by atoms with Crippen LogP contribution < -0.4 is 10.5 Å². The van der Waals surface area contributed by atoms with Gasteiger partial charge in [-0.1, -0.05) is 47.6 Å². The predicted molar refractivity (Wildman–Crippen MR) is 110 cm³/mol. The van der Waals surface area contributed by atoms with E-state index in [0.29, 0.717) is 22.6 Å². The van der Waals surface area contributed by atoms with Crippen molar-refractivity contribution in [3.63, 3.8) is 0 Å². The number of carbonyl (C=O) groups excluding carboxylic acids is 2. The van der Waals surface area contributed by atoms with Crippen LogP contribution in [0.15, 0.2) is 77.3 Å². The molecule has 0 aliphatic rings. The summed E-state index contributed by atoms with van der Waals surface area (Å²) in [6, 6.07) is 21.6. The molecule has 4 rings (SSSR count). The first-order chi connectivity index (χ1) is 14.6. The van der Waals surface area contributed by atoms with Crippen molar-refractivity contribution in [2.45, 2.75) is 6.61 Å². The van der Waals surface area contributed by atoms with E-state index >= 15 is 0 Å². The van der Waals surface area contributed by atoms with Gasteiger partial charge in [-0.05, 0) is 35.9 Å². The first-order valence-corrected chi connectivity index (χ1v) is 9.22. The van der Waals surface area contributed by atoms with Gasteiger partial charge >= 0.3 is 5.97 Å². The minimum Gasteiger partial charge on any atom is -0.484 e. The highest BCUT2D eigenvalue weighted by molar-refractivity contribution is 5.98. The van der Waals surface area contributed by atoms with Crippen molar-refractivity contribution in [1.29, 1.82) is 0 Å². The number of carbonyl (C=O) groups is 2. The molecule has 0 unspecified atom stereocenters. The summed E-state index contributed by atoms with van der Waals surface area (Å²) in [4.78, 5) is 23.4. The summed E-state index contributed by atoms with van der Waals surface area (Å²) in [5.74, 6) is 0.0340. The van der Waals surface area contributed by atoms with Crippen molar-refractivity contribution in [2.75, 3.05) is 6.61 Å². The monoisotopic (exact) mass is 402 g/mol. The SMILES string of the molecule is NC(=O)COc1cccc(COC(=O)c2ccc3noc(-c4ccccc4)c3c2)c1. The maximum Gasteiger partial charge on any atom is 0.338 e. The van der Waals surface area contributed by atoms with Gasteiger partial charge in [0.1, 0.15) is 17.9 Å². The van der Waals surface area contributed by atoms with E-state index in [9.17, 15) is 9.59 Å². The van der Waals surface area contributed by atoms with Crippen molar-refractivity contribution in [3.8, 4) is 17.1 Å². The van der Waals surface area contributed by atoms with E-state index in [-0.39, 0.29) is 13.2 Å². The number of fused-ring (bicyclic) bond motifs is 1. The van der Waals surface area contributed by atoms with Crippen molar-refractivity contribution in [1.82, 2.24) is 5.16 Å². The molecule has 0 fully saturated rings. The van der Waals surface area contributed by atoms with Crippen LogP contribution in [0, 0.1) is 0 Å². The topological polar surface area (TPSA) is 105 Å². The van der Waals surface area contributed by atoms with Gasteiger partial charge < -0.3 is 19.7 Å². The Hall–Kier alpha value is -4.13. The summed E-state index contributed by atoms with van der Waals surface area (Å²) in [6.07, 6.45) is 0. The van der Waals surface area contributed by atoms with Gasteiger partial charge in [0.25, 0.3) is 5.91 Å². The smallest absolute Gasteiger partial charge is 0.338 e. The first-order valence-electron chi connectivity index (χ1n) is 9.22. The van der Waals surface area contributed by atoms with Crippen LogP contribution in [0.3, 0.4) is 0 Å². The minimum atomic E-state index is -0.564. The van der Waals surface area contributed by atoms with E-state index in [1.807, 2.05) is 30.3 Å². The molecule has 1 aromatic heterocycles. The summed E-state index contributed by atoms with van der Waals surface area (Å²) in [6.45, 7) is -0.161. The van der Waals surface area contributed by atoms with E-state index in [2.05, 4.69) is 5.16 Å². The number of rotatable bonds is 7. The van der Waals surface area contributed by atoms with Gasteiger partial charge in [0, 0.05) is 5.56 Å². The second-order valence-corrected chi connectivity index (χ2v) is 6.59. The molecular formula is C23H18N2O5. The Bertz CT molecular complexity index is 1200. The van der Waals surface area contributed by atoms with Crippen molar-refractivity contribution >= 4 is 22.8 Å². The number of aromatic nitrogens is 1. The van der Waals surface area contributed by atoms with E-state index in [0.717, 1.165) is 16.5 Å². The van der Waals surface area contributed by atoms with Crippen LogP contribution in [0.4, 0.5) is 0 Å². The fourth-order valence-corrected chi connectivity index (χ4v) is 2.98. The van der Waals surface area contributed by atoms with Gasteiger partial charge in [0.2, 0.25) is 0 Å². The molecule has 0 aliphatic heterocycles. The second kappa shape index (κ2) is 8.48. The van der Waals surface area contributed by atoms with Gasteiger partial charge in [-0.25, -0.2) is 4.79 Å². The van der Waals surface area contributed by atoms with Gasteiger partial charge in [-0.3, -0.25) is 4.79 Å². The van der Waals surface area contributed by atoms with E-state index in [4.69, 9.17) is 19.7 Å². The summed E-state index contributed by atoms with van der Waals surface area (Å²) >= 11 is 0. The van der Waals surface area contributed by atoms with Crippen molar-refractivity contribution in [2.24, 2.45) is 5.73 Å². The fourth-order valence-electron chi connectivity index (χ4n) is 2.98. The molecule has 1 amide bonds. The molecule has 0 saturated heterocycles. The molecule has 0 spiro atoms. The van der Waals surface area contributed by atoms with Gasteiger partial charge in [0.15, 0.2) is 12.4 Å². The average molecular weight is 402 g/mol. The van der Waals surface area contributed by atoms with Crippen molar-refractivity contribution < 1.29 is 23.6 Å². The standard InChI is InChI=1S/C23H18N2O5/c24-21(26)14-28-18-8-4-5-15(11-18)13-29-23(27)17-9-10-20-19(12-17)22(30-25-20)16-6-2-1-3-7-16/h1-12H,13-14H2,(H2,24,26). The number of benzene rings is 3. The maximum absolute atomic E-state index is 12.6. The summed E-state index contributed by atoms with van der Waals surface area (Å²) in [5.41, 5.74) is 7.72. The van der Waals surface area contributed by atoms with E-state index in [1.165, 1.54) is 0 Å². The van der Waals surface area contributed by atoms with Crippen molar-refractivity contribution in [3.05, 3.63) is 83.9 Å². The molecule has 0 atom stereocenters. The average Bonchev–Trinajstić information content (AvgIpc) is 3.20. The third kappa shape index (κ3) is 4.30. The van der Waals surface area contributed by atoms with Crippen LogP contribution >= 0.6 is 0 Å². The lowest BCUT2D eigenvalue weighted by Crippen LogP contribution is -2.20. The Labute approximate surface area is 172 Å². The summed E-state index contributed by atoms with van der Waals surface area (Å²) in [7, 11) is 0. The number of nitrogens with two attached hydrogens (primary N) is 1. The van der Waals surface area contributed by atoms with Crippen LogP contribution in [0.1, 0.15) is 15.9 Å². The van der Waals surface area contributed by atoms with Gasteiger partial charge in [-0.2, -0.15) is 0 Å². The molecule has 30 heavy (non-hydrogen) atoms. The number of nitrogens with zero attached hydrogens (tertiary/aromatic N) is 1. The largest absolute Gasteiger partial charge is 0.484 e. The molecule has 0 bridgehead atoms. The van der Waals surface area contributed by atoms with Crippen LogP contribution in [0.5, 0.6) is 5.75 Å². The second-order valence-electron chi connectivity index (χ2n) is 6.59. The Morgan fingerprint density at radius 1 is 0.967 bits per heavy atom. The van der Waals surface area contributed by atoms with Crippen LogP contribution in [0.25, 0.3) is 22.2 Å². The number of hydrogen-bond donors (Lipinski definition) is 1. The Morgan fingerprint density at radius 3 is 2.60 bits per heavy atom. The van der Waals surface area contributed by atoms with E-state index < -0.39 is 11.9 Å². The lowest BCUT2D eigenvalue weighted by atomic mass is 10.1. The third-order valence-corrected chi connectivity index (χ3v) is 4.40. The van der Waals surface area contributed by atoms with Gasteiger partial charge in [-0.15, -0.1) is 0 Å². The lowest BCUT2D eigenvalue weighted by Gasteiger charge is -2.08. The molecule has 1 heterocycles. The molecule has 7 nitrogen and oxygen atoms in total. The number of hydrogen-bond acceptors (Lipinski definition) is 6. The quantitative estimate of drug-likeness (QED) is 0.473. The summed E-state index contributed by atoms with van der Waals surface area (Å²) < 4.78 is 16.2. The molecule has 150 valence electrons. The molecule has 3 aromatic carbocycles. The number of primary amides is 1. The van der Waals surface area contributed by atoms with Crippen LogP contribution in [-0.2, 0) is 16.1 Å². The third-order valence-electron chi connectivity index (χ3n) is 4.40. The Balaban J connectivity index is 1.49. The highest BCUT2D eigenvalue weighted by Crippen LogP contribution is 2.29. The summed E-state index contributed by atoms with van der Waals surface area (Å²) in [5, 5.41) is 4.79.